The first-order valence-electron chi connectivity index (χ1n) is 5.50. The maximum atomic E-state index is 13.5. The topological polar surface area (TPSA) is 85.1 Å². The van der Waals surface area contributed by atoms with E-state index >= 15 is 0 Å². The number of nitrogens with two attached hydrogens (primary N) is 1. The van der Waals surface area contributed by atoms with E-state index in [0.717, 1.165) is 18.2 Å². The number of sulfonamides is 1. The molecule has 3 N–H and O–H groups in total. The molecule has 0 unspecified atom stereocenters. The van der Waals surface area contributed by atoms with Gasteiger partial charge in [-0.2, -0.15) is 4.39 Å². The smallest absolute Gasteiger partial charge is 0.263 e. The molecule has 0 fully saturated rings. The lowest BCUT2D eigenvalue weighted by Gasteiger charge is -2.09. The quantitative estimate of drug-likeness (QED) is 0.671. The van der Waals surface area contributed by atoms with Gasteiger partial charge in [0.1, 0.15) is 11.6 Å². The van der Waals surface area contributed by atoms with Crippen LogP contribution in [0.1, 0.15) is 5.56 Å². The molecule has 2 aromatic rings. The highest BCUT2D eigenvalue weighted by molar-refractivity contribution is 7.92. The standard InChI is InChI=1S/C12H11F2N3O2S/c1-7-9(13)5-8(6-10(7)15)20(18,19)17-12-4-2-3-11(14)16-12/h2-6H,15H2,1H3,(H,16,17). The second-order valence-electron chi connectivity index (χ2n) is 4.07. The van der Waals surface area contributed by atoms with Crippen molar-refractivity contribution in [3.8, 4) is 0 Å². The van der Waals surface area contributed by atoms with E-state index in [4.69, 9.17) is 5.73 Å². The van der Waals surface area contributed by atoms with Gasteiger partial charge in [0, 0.05) is 11.3 Å². The summed E-state index contributed by atoms with van der Waals surface area (Å²) in [7, 11) is -4.09. The SMILES string of the molecule is Cc1c(N)cc(S(=O)(=O)Nc2cccc(F)n2)cc1F. The lowest BCUT2D eigenvalue weighted by Crippen LogP contribution is -2.15. The molecule has 0 aliphatic rings. The van der Waals surface area contributed by atoms with Crippen molar-refractivity contribution in [3.63, 3.8) is 0 Å². The zero-order valence-electron chi connectivity index (χ0n) is 10.4. The minimum Gasteiger partial charge on any atom is -0.398 e. The number of rotatable bonds is 3. The van der Waals surface area contributed by atoms with E-state index < -0.39 is 21.8 Å². The molecule has 1 aromatic heterocycles. The summed E-state index contributed by atoms with van der Waals surface area (Å²) in [5.74, 6) is -1.78. The fourth-order valence-electron chi connectivity index (χ4n) is 1.49. The van der Waals surface area contributed by atoms with Crippen LogP contribution in [-0.4, -0.2) is 13.4 Å². The van der Waals surface area contributed by atoms with Gasteiger partial charge in [-0.1, -0.05) is 6.07 Å². The number of nitrogen functional groups attached to an aromatic ring is 1. The van der Waals surface area contributed by atoms with Crippen LogP contribution in [0, 0.1) is 18.7 Å². The second-order valence-corrected chi connectivity index (χ2v) is 5.75. The Labute approximate surface area is 114 Å². The summed E-state index contributed by atoms with van der Waals surface area (Å²) in [5.41, 5.74) is 5.70. The number of halogens is 2. The highest BCUT2D eigenvalue weighted by atomic mass is 32.2. The first-order chi connectivity index (χ1) is 9.29. The number of nitrogens with zero attached hydrogens (tertiary/aromatic N) is 1. The Morgan fingerprint density at radius 2 is 1.95 bits per heavy atom. The molecule has 0 aliphatic heterocycles. The van der Waals surface area contributed by atoms with Gasteiger partial charge in [0.15, 0.2) is 0 Å². The molecule has 8 heteroatoms. The Balaban J connectivity index is 2.41. The number of hydrogen-bond acceptors (Lipinski definition) is 4. The predicted molar refractivity (Wildman–Crippen MR) is 70.6 cm³/mol. The van der Waals surface area contributed by atoms with E-state index in [1.807, 2.05) is 4.72 Å². The largest absolute Gasteiger partial charge is 0.398 e. The van der Waals surface area contributed by atoms with Gasteiger partial charge in [-0.3, -0.25) is 4.72 Å². The van der Waals surface area contributed by atoms with E-state index in [-0.39, 0.29) is 22.0 Å². The van der Waals surface area contributed by atoms with Crippen LogP contribution in [0.15, 0.2) is 35.2 Å². The molecule has 1 aromatic carbocycles. The van der Waals surface area contributed by atoms with E-state index in [0.29, 0.717) is 0 Å². The lowest BCUT2D eigenvalue weighted by molar-refractivity contribution is 0.584. The van der Waals surface area contributed by atoms with Crippen LogP contribution >= 0.6 is 0 Å². The van der Waals surface area contributed by atoms with Crippen LogP contribution in [0.4, 0.5) is 20.3 Å². The minimum atomic E-state index is -4.09. The first-order valence-corrected chi connectivity index (χ1v) is 6.99. The summed E-state index contributed by atoms with van der Waals surface area (Å²) in [6, 6.07) is 5.60. The van der Waals surface area contributed by atoms with Crippen LogP contribution < -0.4 is 10.5 Å². The third-order valence-electron chi connectivity index (χ3n) is 2.62. The van der Waals surface area contributed by atoms with E-state index in [2.05, 4.69) is 4.98 Å². The van der Waals surface area contributed by atoms with Crippen LogP contribution in [0.25, 0.3) is 0 Å². The number of nitrogens with one attached hydrogen (secondary N) is 1. The second kappa shape index (κ2) is 5.04. The average Bonchev–Trinajstić information content (AvgIpc) is 2.34. The van der Waals surface area contributed by atoms with E-state index in [9.17, 15) is 17.2 Å². The Morgan fingerprint density at radius 1 is 1.25 bits per heavy atom. The highest BCUT2D eigenvalue weighted by Gasteiger charge is 2.18. The van der Waals surface area contributed by atoms with Crippen molar-refractivity contribution in [2.45, 2.75) is 11.8 Å². The molecule has 1 heterocycles. The molecule has 20 heavy (non-hydrogen) atoms. The molecular formula is C12H11F2N3O2S. The molecule has 106 valence electrons. The van der Waals surface area contributed by atoms with Crippen molar-refractivity contribution < 1.29 is 17.2 Å². The summed E-state index contributed by atoms with van der Waals surface area (Å²) in [6.45, 7) is 1.43. The molecule has 0 amide bonds. The minimum absolute atomic E-state index is 0.0116. The number of hydrogen-bond donors (Lipinski definition) is 2. The lowest BCUT2D eigenvalue weighted by atomic mass is 10.2. The molecule has 0 bridgehead atoms. The monoisotopic (exact) mass is 299 g/mol. The van der Waals surface area contributed by atoms with Gasteiger partial charge in [-0.05, 0) is 31.2 Å². The van der Waals surface area contributed by atoms with Gasteiger partial charge in [0.25, 0.3) is 10.0 Å². The normalized spacial score (nSPS) is 11.3. The third kappa shape index (κ3) is 2.85. The summed E-state index contributed by atoms with van der Waals surface area (Å²) in [4.78, 5) is 3.01. The number of anilines is 2. The Kier molecular flexibility index (Phi) is 3.58. The number of aromatic nitrogens is 1. The molecule has 0 saturated heterocycles. The van der Waals surface area contributed by atoms with Crippen LogP contribution in [0.5, 0.6) is 0 Å². The first kappa shape index (κ1) is 14.2. The van der Waals surface area contributed by atoms with Gasteiger partial charge in [-0.25, -0.2) is 17.8 Å². The molecule has 5 nitrogen and oxygen atoms in total. The summed E-state index contributed by atoms with van der Waals surface area (Å²) in [5, 5.41) is 0. The van der Waals surface area contributed by atoms with E-state index in [1.165, 1.54) is 19.1 Å². The zero-order chi connectivity index (χ0) is 14.9. The van der Waals surface area contributed by atoms with Crippen molar-refractivity contribution >= 4 is 21.5 Å². The fraction of sp³-hybridized carbons (Fsp3) is 0.0833. The van der Waals surface area contributed by atoms with Crippen molar-refractivity contribution in [2.75, 3.05) is 10.5 Å². The molecule has 0 saturated carbocycles. The molecule has 0 radical (unpaired) electrons. The number of pyridine rings is 1. The van der Waals surface area contributed by atoms with Gasteiger partial charge in [0.2, 0.25) is 5.95 Å². The van der Waals surface area contributed by atoms with Gasteiger partial charge in [0.05, 0.1) is 4.90 Å². The van der Waals surface area contributed by atoms with Crippen molar-refractivity contribution in [1.82, 2.24) is 4.98 Å². The number of benzene rings is 1. The van der Waals surface area contributed by atoms with Crippen LogP contribution in [0.3, 0.4) is 0 Å². The fourth-order valence-corrected chi connectivity index (χ4v) is 2.54. The Hall–Kier alpha value is -2.22. The summed E-state index contributed by atoms with van der Waals surface area (Å²) < 4.78 is 52.5. The average molecular weight is 299 g/mol. The van der Waals surface area contributed by atoms with Crippen LogP contribution in [-0.2, 0) is 10.0 Å². The Bertz CT molecular complexity index is 740. The molecule has 0 aliphatic carbocycles. The summed E-state index contributed by atoms with van der Waals surface area (Å²) >= 11 is 0. The summed E-state index contributed by atoms with van der Waals surface area (Å²) in [6.07, 6.45) is 0. The van der Waals surface area contributed by atoms with Gasteiger partial charge >= 0.3 is 0 Å². The maximum Gasteiger partial charge on any atom is 0.263 e. The molecule has 0 atom stereocenters. The highest BCUT2D eigenvalue weighted by Crippen LogP contribution is 2.22. The van der Waals surface area contributed by atoms with Crippen molar-refractivity contribution in [2.24, 2.45) is 0 Å². The van der Waals surface area contributed by atoms with Gasteiger partial charge < -0.3 is 5.73 Å². The van der Waals surface area contributed by atoms with Crippen LogP contribution in [0.2, 0.25) is 0 Å². The predicted octanol–water partition coefficient (Wildman–Crippen LogP) is 2.05. The molecular weight excluding hydrogens is 288 g/mol. The third-order valence-corrected chi connectivity index (χ3v) is 3.96. The molecule has 0 spiro atoms. The Morgan fingerprint density at radius 3 is 2.55 bits per heavy atom. The van der Waals surface area contributed by atoms with Gasteiger partial charge in [-0.15, -0.1) is 0 Å². The molecule has 2 rings (SSSR count). The zero-order valence-corrected chi connectivity index (χ0v) is 11.2. The maximum absolute atomic E-state index is 13.5. The van der Waals surface area contributed by atoms with Crippen molar-refractivity contribution in [3.05, 3.63) is 47.7 Å². The van der Waals surface area contributed by atoms with Crippen molar-refractivity contribution in [1.29, 1.82) is 0 Å². The van der Waals surface area contributed by atoms with E-state index in [1.54, 1.807) is 0 Å².